The van der Waals surface area contributed by atoms with Crippen LogP contribution >= 0.6 is 0 Å². The number of ether oxygens (including phenoxy) is 1. The van der Waals surface area contributed by atoms with Gasteiger partial charge in [0.2, 0.25) is 0 Å². The Bertz CT molecular complexity index is 393. The molecule has 0 aliphatic rings. The number of methoxy groups -OCH3 is 1. The van der Waals surface area contributed by atoms with E-state index >= 15 is 0 Å². The fraction of sp³-hybridized carbons (Fsp3) is 0.417. The van der Waals surface area contributed by atoms with E-state index in [4.69, 9.17) is 10.00 Å². The molecule has 0 bridgehead atoms. The molecule has 0 unspecified atom stereocenters. The zero-order valence-corrected chi connectivity index (χ0v) is 9.17. The van der Waals surface area contributed by atoms with Crippen LogP contribution in [0.4, 0.5) is 4.39 Å². The van der Waals surface area contributed by atoms with Crippen LogP contribution in [0.5, 0.6) is 5.75 Å². The molecule has 0 saturated heterocycles. The second-order valence-corrected chi connectivity index (χ2v) is 3.69. The normalized spacial score (nSPS) is 10.1. The summed E-state index contributed by atoms with van der Waals surface area (Å²) in [6.45, 7) is 4.03. The van der Waals surface area contributed by atoms with Gasteiger partial charge in [-0.1, -0.05) is 19.9 Å². The summed E-state index contributed by atoms with van der Waals surface area (Å²) in [6, 6.07) is 5.36. The molecule has 0 amide bonds. The van der Waals surface area contributed by atoms with Crippen LogP contribution in [0.3, 0.4) is 0 Å². The van der Waals surface area contributed by atoms with Crippen LogP contribution < -0.4 is 4.74 Å². The van der Waals surface area contributed by atoms with E-state index in [1.165, 1.54) is 7.11 Å². The van der Waals surface area contributed by atoms with Crippen molar-refractivity contribution in [1.29, 1.82) is 5.26 Å². The highest BCUT2D eigenvalue weighted by atomic mass is 19.1. The van der Waals surface area contributed by atoms with Crippen molar-refractivity contribution in [2.24, 2.45) is 0 Å². The predicted molar refractivity (Wildman–Crippen MR) is 56.4 cm³/mol. The summed E-state index contributed by atoms with van der Waals surface area (Å²) in [5.74, 6) is 0.0758. The maximum Gasteiger partial charge on any atom is 0.169 e. The Morgan fingerprint density at radius 1 is 1.47 bits per heavy atom. The third-order valence-electron chi connectivity index (χ3n) is 2.29. The average Bonchev–Trinajstić information content (AvgIpc) is 2.21. The first-order valence-electron chi connectivity index (χ1n) is 4.83. The second-order valence-electron chi connectivity index (χ2n) is 3.69. The number of hydrogen-bond donors (Lipinski definition) is 0. The van der Waals surface area contributed by atoms with Crippen LogP contribution in [0.1, 0.15) is 30.9 Å². The molecule has 0 aromatic heterocycles. The number of nitrogens with zero attached hydrogens (tertiary/aromatic N) is 1. The van der Waals surface area contributed by atoms with Gasteiger partial charge in [-0.15, -0.1) is 0 Å². The lowest BCUT2D eigenvalue weighted by Crippen LogP contribution is -1.98. The van der Waals surface area contributed by atoms with E-state index in [1.54, 1.807) is 12.1 Å². The lowest BCUT2D eigenvalue weighted by molar-refractivity contribution is 0.383. The van der Waals surface area contributed by atoms with Gasteiger partial charge in [0.1, 0.15) is 0 Å². The molecule has 0 atom stereocenters. The van der Waals surface area contributed by atoms with Crippen LogP contribution in [0, 0.1) is 17.1 Å². The van der Waals surface area contributed by atoms with Gasteiger partial charge in [-0.25, -0.2) is 4.39 Å². The summed E-state index contributed by atoms with van der Waals surface area (Å²) in [7, 11) is 1.43. The third kappa shape index (κ3) is 2.47. The third-order valence-corrected chi connectivity index (χ3v) is 2.29. The summed E-state index contributed by atoms with van der Waals surface area (Å²) in [6.07, 6.45) is 0.0722. The zero-order valence-electron chi connectivity index (χ0n) is 9.17. The van der Waals surface area contributed by atoms with E-state index in [-0.39, 0.29) is 18.1 Å². The topological polar surface area (TPSA) is 33.0 Å². The summed E-state index contributed by atoms with van der Waals surface area (Å²) in [5.41, 5.74) is 1.39. The minimum absolute atomic E-state index is 0.0722. The van der Waals surface area contributed by atoms with Crippen LogP contribution in [-0.4, -0.2) is 7.11 Å². The molecule has 1 aromatic rings. The molecule has 80 valence electrons. The largest absolute Gasteiger partial charge is 0.494 e. The van der Waals surface area contributed by atoms with Gasteiger partial charge >= 0.3 is 0 Å². The lowest BCUT2D eigenvalue weighted by atomic mass is 9.99. The van der Waals surface area contributed by atoms with Crippen molar-refractivity contribution in [2.75, 3.05) is 7.11 Å². The Kier molecular flexibility index (Phi) is 3.68. The Hall–Kier alpha value is -1.56. The number of nitriles is 1. The van der Waals surface area contributed by atoms with E-state index in [0.717, 1.165) is 5.56 Å². The molecule has 3 heteroatoms. The number of halogens is 1. The zero-order chi connectivity index (χ0) is 11.4. The summed E-state index contributed by atoms with van der Waals surface area (Å²) >= 11 is 0. The van der Waals surface area contributed by atoms with Gasteiger partial charge in [0.15, 0.2) is 11.6 Å². The van der Waals surface area contributed by atoms with Gasteiger partial charge in [-0.2, -0.15) is 5.26 Å². The predicted octanol–water partition coefficient (Wildman–Crippen LogP) is 3.02. The maximum atomic E-state index is 13.6. The Balaban J connectivity index is 3.26. The highest BCUT2D eigenvalue weighted by Crippen LogP contribution is 2.27. The maximum absolute atomic E-state index is 13.6. The van der Waals surface area contributed by atoms with Crippen LogP contribution in [-0.2, 0) is 6.42 Å². The molecule has 0 fully saturated rings. The SMILES string of the molecule is COc1cc(C(C)C)cc(CC#N)c1F. The van der Waals surface area contributed by atoms with Gasteiger partial charge in [-0.3, -0.25) is 0 Å². The van der Waals surface area contributed by atoms with Crippen molar-refractivity contribution in [3.63, 3.8) is 0 Å². The van der Waals surface area contributed by atoms with Gasteiger partial charge in [0.05, 0.1) is 19.6 Å². The standard InChI is InChI=1S/C12H14FNO/c1-8(2)10-6-9(4-5-14)12(13)11(7-10)15-3/h6-8H,4H2,1-3H3. The van der Waals surface area contributed by atoms with Gasteiger partial charge < -0.3 is 4.74 Å². The molecule has 0 aliphatic heterocycles. The molecule has 0 radical (unpaired) electrons. The molecule has 0 N–H and O–H groups in total. The fourth-order valence-corrected chi connectivity index (χ4v) is 1.37. The summed E-state index contributed by atoms with van der Waals surface area (Å²) < 4.78 is 18.6. The van der Waals surface area contributed by atoms with Gasteiger partial charge in [0, 0.05) is 5.56 Å². The molecule has 0 spiro atoms. The van der Waals surface area contributed by atoms with Gasteiger partial charge in [-0.05, 0) is 17.5 Å². The monoisotopic (exact) mass is 207 g/mol. The first-order valence-corrected chi connectivity index (χ1v) is 4.83. The molecule has 2 nitrogen and oxygen atoms in total. The van der Waals surface area contributed by atoms with Crippen molar-refractivity contribution in [3.05, 3.63) is 29.1 Å². The van der Waals surface area contributed by atoms with Crippen molar-refractivity contribution in [3.8, 4) is 11.8 Å². The molecule has 15 heavy (non-hydrogen) atoms. The number of hydrogen-bond acceptors (Lipinski definition) is 2. The van der Waals surface area contributed by atoms with E-state index < -0.39 is 5.82 Å². The quantitative estimate of drug-likeness (QED) is 0.763. The second kappa shape index (κ2) is 4.79. The van der Waals surface area contributed by atoms with Crippen LogP contribution in [0.2, 0.25) is 0 Å². The number of benzene rings is 1. The first-order chi connectivity index (χ1) is 7.10. The van der Waals surface area contributed by atoms with Crippen molar-refractivity contribution in [1.82, 2.24) is 0 Å². The molecular formula is C12H14FNO. The lowest BCUT2D eigenvalue weighted by Gasteiger charge is -2.11. The molecule has 1 aromatic carbocycles. The van der Waals surface area contributed by atoms with E-state index in [1.807, 2.05) is 19.9 Å². The molecule has 0 saturated carbocycles. The Morgan fingerprint density at radius 2 is 2.13 bits per heavy atom. The molecule has 1 rings (SSSR count). The van der Waals surface area contributed by atoms with E-state index in [2.05, 4.69) is 0 Å². The van der Waals surface area contributed by atoms with E-state index in [0.29, 0.717) is 5.56 Å². The smallest absolute Gasteiger partial charge is 0.169 e. The van der Waals surface area contributed by atoms with Crippen molar-refractivity contribution in [2.45, 2.75) is 26.2 Å². The highest BCUT2D eigenvalue weighted by Gasteiger charge is 2.12. The van der Waals surface area contributed by atoms with Crippen LogP contribution in [0.15, 0.2) is 12.1 Å². The summed E-state index contributed by atoms with van der Waals surface area (Å²) in [4.78, 5) is 0. The number of rotatable bonds is 3. The van der Waals surface area contributed by atoms with Gasteiger partial charge in [0.25, 0.3) is 0 Å². The minimum Gasteiger partial charge on any atom is -0.494 e. The molecular weight excluding hydrogens is 193 g/mol. The van der Waals surface area contributed by atoms with Crippen LogP contribution in [0.25, 0.3) is 0 Å². The Morgan fingerprint density at radius 3 is 2.60 bits per heavy atom. The summed E-state index contributed by atoms with van der Waals surface area (Å²) in [5, 5.41) is 8.58. The molecule has 0 aliphatic carbocycles. The Labute approximate surface area is 89.3 Å². The van der Waals surface area contributed by atoms with Crippen molar-refractivity contribution >= 4 is 0 Å². The first kappa shape index (κ1) is 11.5. The van der Waals surface area contributed by atoms with Crippen molar-refractivity contribution < 1.29 is 9.13 Å². The highest BCUT2D eigenvalue weighted by molar-refractivity contribution is 5.38. The average molecular weight is 207 g/mol. The fourth-order valence-electron chi connectivity index (χ4n) is 1.37. The van der Waals surface area contributed by atoms with E-state index in [9.17, 15) is 4.39 Å². The molecule has 0 heterocycles. The minimum atomic E-state index is -0.427.